The van der Waals surface area contributed by atoms with Crippen LogP contribution in [0.25, 0.3) is 0 Å². The molecule has 0 saturated heterocycles. The van der Waals surface area contributed by atoms with Crippen molar-refractivity contribution in [2.75, 3.05) is 0 Å². The van der Waals surface area contributed by atoms with Gasteiger partial charge in [0.1, 0.15) is 5.75 Å². The second-order valence-corrected chi connectivity index (χ2v) is 5.67. The molecule has 0 radical (unpaired) electrons. The molecule has 0 fully saturated rings. The molecule has 0 aliphatic heterocycles. The van der Waals surface area contributed by atoms with Gasteiger partial charge in [0.05, 0.1) is 0 Å². The molecule has 0 heterocycles. The number of rotatable bonds is 11. The number of phenolic OH excluding ortho intramolecular Hbond substituents is 1. The molecule has 1 nitrogen and oxygen atoms in total. The van der Waals surface area contributed by atoms with Gasteiger partial charge in [0.25, 0.3) is 0 Å². The molecule has 0 bridgehead atoms. The van der Waals surface area contributed by atoms with Crippen LogP contribution in [0.3, 0.4) is 0 Å². The van der Waals surface area contributed by atoms with Crippen LogP contribution in [0.2, 0.25) is 0 Å². The van der Waals surface area contributed by atoms with E-state index in [9.17, 15) is 5.11 Å². The van der Waals surface area contributed by atoms with Gasteiger partial charge in [0.2, 0.25) is 0 Å². The molecule has 1 aromatic rings. The molecule has 0 spiro atoms. The monoisotopic (exact) mass is 298 g/mol. The first-order valence-corrected chi connectivity index (χ1v) is 8.59. The average molecular weight is 298 g/mol. The predicted octanol–water partition coefficient (Wildman–Crippen LogP) is 6.35. The molecule has 0 aliphatic rings. The van der Waals surface area contributed by atoms with Crippen molar-refractivity contribution in [1.82, 2.24) is 0 Å². The fourth-order valence-electron chi connectivity index (χ4n) is 2.31. The van der Waals surface area contributed by atoms with E-state index < -0.39 is 0 Å². The number of benzene rings is 1. The molecular formula is C21H30O. The van der Waals surface area contributed by atoms with Crippen LogP contribution in [0, 0.1) is 0 Å². The fourth-order valence-corrected chi connectivity index (χ4v) is 2.31. The number of allylic oxidation sites excluding steroid dienone is 6. The third-order valence-corrected chi connectivity index (χ3v) is 3.59. The summed E-state index contributed by atoms with van der Waals surface area (Å²) in [7, 11) is 0. The molecule has 0 saturated carbocycles. The molecule has 1 heteroatoms. The molecule has 0 amide bonds. The number of hydrogen-bond acceptors (Lipinski definition) is 1. The minimum absolute atomic E-state index is 0.332. The molecule has 1 rings (SSSR count). The second kappa shape index (κ2) is 12.9. The van der Waals surface area contributed by atoms with Crippen LogP contribution >= 0.6 is 0 Å². The molecule has 120 valence electrons. The van der Waals surface area contributed by atoms with Crippen LogP contribution in [-0.2, 0) is 6.42 Å². The first-order chi connectivity index (χ1) is 10.8. The Labute approximate surface area is 136 Å². The molecule has 0 aliphatic carbocycles. The molecular weight excluding hydrogens is 268 g/mol. The highest BCUT2D eigenvalue weighted by Crippen LogP contribution is 2.11. The molecule has 0 aromatic heterocycles. The summed E-state index contributed by atoms with van der Waals surface area (Å²) in [6.07, 6.45) is 22.9. The van der Waals surface area contributed by atoms with Crippen molar-refractivity contribution in [3.8, 4) is 5.75 Å². The van der Waals surface area contributed by atoms with Gasteiger partial charge in [-0.3, -0.25) is 0 Å². The van der Waals surface area contributed by atoms with Crippen molar-refractivity contribution in [1.29, 1.82) is 0 Å². The lowest BCUT2D eigenvalue weighted by atomic mass is 10.1. The molecule has 1 aromatic carbocycles. The Bertz CT molecular complexity index is 469. The number of aromatic hydroxyl groups is 1. The van der Waals surface area contributed by atoms with E-state index in [0.717, 1.165) is 12.0 Å². The topological polar surface area (TPSA) is 20.2 Å². The van der Waals surface area contributed by atoms with Gasteiger partial charge in [-0.1, -0.05) is 87.6 Å². The smallest absolute Gasteiger partial charge is 0.115 e. The lowest BCUT2D eigenvalue weighted by Gasteiger charge is -1.97. The highest BCUT2D eigenvalue weighted by molar-refractivity contribution is 5.28. The van der Waals surface area contributed by atoms with E-state index in [0.29, 0.717) is 5.75 Å². The van der Waals surface area contributed by atoms with Crippen LogP contribution < -0.4 is 0 Å². The van der Waals surface area contributed by atoms with Gasteiger partial charge in [-0.2, -0.15) is 0 Å². The summed E-state index contributed by atoms with van der Waals surface area (Å²) in [6.45, 7) is 2.26. The lowest BCUT2D eigenvalue weighted by molar-refractivity contribution is 0.474. The van der Waals surface area contributed by atoms with Gasteiger partial charge in [-0.15, -0.1) is 0 Å². The fraction of sp³-hybridized carbons (Fsp3) is 0.429. The van der Waals surface area contributed by atoms with Gasteiger partial charge < -0.3 is 5.11 Å². The third-order valence-electron chi connectivity index (χ3n) is 3.59. The Hall–Kier alpha value is -1.76. The molecule has 1 N–H and O–H groups in total. The zero-order valence-corrected chi connectivity index (χ0v) is 13.9. The van der Waals surface area contributed by atoms with Crippen LogP contribution in [0.1, 0.15) is 57.4 Å². The predicted molar refractivity (Wildman–Crippen MR) is 97.2 cm³/mol. The SMILES string of the molecule is CCCCCCCC/C=C/C=C/C=C/Cc1cccc(O)c1. The Balaban J connectivity index is 2.05. The Morgan fingerprint density at radius 3 is 2.36 bits per heavy atom. The van der Waals surface area contributed by atoms with E-state index in [1.54, 1.807) is 12.1 Å². The van der Waals surface area contributed by atoms with Crippen molar-refractivity contribution in [2.24, 2.45) is 0 Å². The van der Waals surface area contributed by atoms with E-state index in [-0.39, 0.29) is 0 Å². The van der Waals surface area contributed by atoms with E-state index in [1.807, 2.05) is 12.1 Å². The maximum absolute atomic E-state index is 9.37. The van der Waals surface area contributed by atoms with Crippen molar-refractivity contribution in [2.45, 2.75) is 58.3 Å². The summed E-state index contributed by atoms with van der Waals surface area (Å²) >= 11 is 0. The van der Waals surface area contributed by atoms with Crippen molar-refractivity contribution >= 4 is 0 Å². The van der Waals surface area contributed by atoms with Crippen LogP contribution in [-0.4, -0.2) is 5.11 Å². The first-order valence-electron chi connectivity index (χ1n) is 8.59. The maximum Gasteiger partial charge on any atom is 0.115 e. The van der Waals surface area contributed by atoms with E-state index in [1.165, 1.54) is 44.9 Å². The standard InChI is InChI=1S/C21H30O/c1-2-3-4-5-6-7-8-9-10-11-12-13-14-16-20-17-15-18-21(22)19-20/h9-15,17-19,22H,2-8,16H2,1H3/b10-9+,12-11+,14-13+. The molecule has 0 atom stereocenters. The minimum Gasteiger partial charge on any atom is -0.508 e. The highest BCUT2D eigenvalue weighted by atomic mass is 16.3. The second-order valence-electron chi connectivity index (χ2n) is 5.67. The van der Waals surface area contributed by atoms with Gasteiger partial charge >= 0.3 is 0 Å². The largest absolute Gasteiger partial charge is 0.508 e. The summed E-state index contributed by atoms with van der Waals surface area (Å²) in [4.78, 5) is 0. The van der Waals surface area contributed by atoms with Gasteiger partial charge in [0.15, 0.2) is 0 Å². The zero-order chi connectivity index (χ0) is 15.9. The Morgan fingerprint density at radius 2 is 1.59 bits per heavy atom. The summed E-state index contributed by atoms with van der Waals surface area (Å²) in [5.74, 6) is 0.332. The molecule has 0 unspecified atom stereocenters. The zero-order valence-electron chi connectivity index (χ0n) is 13.9. The minimum atomic E-state index is 0.332. The summed E-state index contributed by atoms with van der Waals surface area (Å²) < 4.78 is 0. The summed E-state index contributed by atoms with van der Waals surface area (Å²) in [6, 6.07) is 7.39. The highest BCUT2D eigenvalue weighted by Gasteiger charge is 1.90. The summed E-state index contributed by atoms with van der Waals surface area (Å²) in [5.41, 5.74) is 1.13. The summed E-state index contributed by atoms with van der Waals surface area (Å²) in [5, 5.41) is 9.37. The van der Waals surface area contributed by atoms with Gasteiger partial charge in [0, 0.05) is 0 Å². The van der Waals surface area contributed by atoms with Crippen LogP contribution in [0.4, 0.5) is 0 Å². The van der Waals surface area contributed by atoms with E-state index >= 15 is 0 Å². The lowest BCUT2D eigenvalue weighted by Crippen LogP contribution is -1.78. The Morgan fingerprint density at radius 1 is 0.864 bits per heavy atom. The van der Waals surface area contributed by atoms with Crippen molar-refractivity contribution in [3.05, 3.63) is 66.3 Å². The normalized spacial score (nSPS) is 12.0. The molecule has 22 heavy (non-hydrogen) atoms. The number of unbranched alkanes of at least 4 members (excludes halogenated alkanes) is 6. The van der Waals surface area contributed by atoms with E-state index in [4.69, 9.17) is 0 Å². The number of hydrogen-bond donors (Lipinski definition) is 1. The van der Waals surface area contributed by atoms with Crippen LogP contribution in [0.5, 0.6) is 5.75 Å². The van der Waals surface area contributed by atoms with E-state index in [2.05, 4.69) is 43.4 Å². The first kappa shape index (κ1) is 18.3. The average Bonchev–Trinajstić information content (AvgIpc) is 2.52. The maximum atomic E-state index is 9.37. The van der Waals surface area contributed by atoms with Gasteiger partial charge in [-0.25, -0.2) is 0 Å². The number of phenols is 1. The van der Waals surface area contributed by atoms with Crippen molar-refractivity contribution in [3.63, 3.8) is 0 Å². The van der Waals surface area contributed by atoms with Gasteiger partial charge in [-0.05, 0) is 37.0 Å². The van der Waals surface area contributed by atoms with Crippen molar-refractivity contribution < 1.29 is 5.11 Å². The third kappa shape index (κ3) is 10.0. The Kier molecular flexibility index (Phi) is 10.8. The quantitative estimate of drug-likeness (QED) is 0.372. The van der Waals surface area contributed by atoms with Crippen LogP contribution in [0.15, 0.2) is 60.7 Å².